The van der Waals surface area contributed by atoms with Crippen molar-refractivity contribution >= 4 is 11.7 Å². The van der Waals surface area contributed by atoms with Gasteiger partial charge in [0, 0.05) is 5.69 Å². The Morgan fingerprint density at radius 1 is 1.59 bits per heavy atom. The van der Waals surface area contributed by atoms with Crippen LogP contribution in [0.25, 0.3) is 0 Å². The SMILES string of the molecule is Cc1cccc(NC2(C#N)CC(C(=O)O)C2)c1. The summed E-state index contributed by atoms with van der Waals surface area (Å²) in [6.45, 7) is 1.98. The van der Waals surface area contributed by atoms with Crippen LogP contribution >= 0.6 is 0 Å². The van der Waals surface area contributed by atoms with Gasteiger partial charge in [0.1, 0.15) is 5.54 Å². The Morgan fingerprint density at radius 3 is 2.82 bits per heavy atom. The summed E-state index contributed by atoms with van der Waals surface area (Å²) in [4.78, 5) is 10.8. The van der Waals surface area contributed by atoms with Crippen LogP contribution in [0.3, 0.4) is 0 Å². The lowest BCUT2D eigenvalue weighted by Gasteiger charge is -2.41. The van der Waals surface area contributed by atoms with Crippen LogP contribution in [0.15, 0.2) is 24.3 Å². The highest BCUT2D eigenvalue weighted by Gasteiger charge is 2.48. The van der Waals surface area contributed by atoms with E-state index in [-0.39, 0.29) is 0 Å². The molecule has 0 unspecified atom stereocenters. The predicted molar refractivity (Wildman–Crippen MR) is 63.5 cm³/mol. The van der Waals surface area contributed by atoms with Gasteiger partial charge < -0.3 is 10.4 Å². The fourth-order valence-corrected chi connectivity index (χ4v) is 2.18. The van der Waals surface area contributed by atoms with E-state index in [1.54, 1.807) is 0 Å². The molecule has 0 aromatic heterocycles. The van der Waals surface area contributed by atoms with Crippen LogP contribution in [-0.2, 0) is 4.79 Å². The third kappa shape index (κ3) is 2.23. The molecule has 0 amide bonds. The number of aryl methyl sites for hydroxylation is 1. The van der Waals surface area contributed by atoms with Gasteiger partial charge in [-0.1, -0.05) is 12.1 Å². The molecule has 1 aromatic carbocycles. The molecule has 88 valence electrons. The number of nitrogens with one attached hydrogen (secondary N) is 1. The molecule has 0 atom stereocenters. The number of benzene rings is 1. The van der Waals surface area contributed by atoms with Crippen molar-refractivity contribution in [2.24, 2.45) is 5.92 Å². The van der Waals surface area contributed by atoms with E-state index in [2.05, 4.69) is 11.4 Å². The Bertz CT molecular complexity index is 484. The highest BCUT2D eigenvalue weighted by Crippen LogP contribution is 2.40. The van der Waals surface area contributed by atoms with E-state index >= 15 is 0 Å². The van der Waals surface area contributed by atoms with Crippen LogP contribution in [0.5, 0.6) is 0 Å². The molecule has 2 N–H and O–H groups in total. The summed E-state index contributed by atoms with van der Waals surface area (Å²) < 4.78 is 0. The molecule has 1 aromatic rings. The van der Waals surface area contributed by atoms with Crippen LogP contribution in [0, 0.1) is 24.2 Å². The van der Waals surface area contributed by atoms with Crippen LogP contribution in [-0.4, -0.2) is 16.6 Å². The maximum absolute atomic E-state index is 10.8. The van der Waals surface area contributed by atoms with Gasteiger partial charge in [-0.05, 0) is 37.5 Å². The topological polar surface area (TPSA) is 73.1 Å². The third-order valence-corrected chi connectivity index (χ3v) is 3.15. The number of nitrogens with zero attached hydrogens (tertiary/aromatic N) is 1. The molecule has 1 fully saturated rings. The largest absolute Gasteiger partial charge is 0.481 e. The lowest BCUT2D eigenvalue weighted by molar-refractivity contribution is -0.145. The first-order chi connectivity index (χ1) is 8.04. The Labute approximate surface area is 99.9 Å². The molecular weight excluding hydrogens is 216 g/mol. The molecule has 1 aliphatic rings. The number of carbonyl (C=O) groups is 1. The van der Waals surface area contributed by atoms with E-state index in [1.165, 1.54) is 0 Å². The molecule has 0 aliphatic heterocycles. The van der Waals surface area contributed by atoms with Crippen LogP contribution in [0.1, 0.15) is 18.4 Å². The summed E-state index contributed by atoms with van der Waals surface area (Å²) in [7, 11) is 0. The molecule has 0 saturated heterocycles. The maximum Gasteiger partial charge on any atom is 0.306 e. The molecule has 17 heavy (non-hydrogen) atoms. The molecule has 1 aliphatic carbocycles. The van der Waals surface area contributed by atoms with Crippen molar-refractivity contribution < 1.29 is 9.90 Å². The van der Waals surface area contributed by atoms with E-state index < -0.39 is 17.4 Å². The van der Waals surface area contributed by atoms with Gasteiger partial charge in [-0.25, -0.2) is 0 Å². The fourth-order valence-electron chi connectivity index (χ4n) is 2.18. The third-order valence-electron chi connectivity index (χ3n) is 3.15. The lowest BCUT2D eigenvalue weighted by atomic mass is 9.69. The van der Waals surface area contributed by atoms with Gasteiger partial charge in [-0.15, -0.1) is 0 Å². The van der Waals surface area contributed by atoms with Crippen molar-refractivity contribution in [1.29, 1.82) is 5.26 Å². The molecular formula is C13H14N2O2. The van der Waals surface area contributed by atoms with Gasteiger partial charge in [-0.2, -0.15) is 5.26 Å². The van der Waals surface area contributed by atoms with Gasteiger partial charge in [0.25, 0.3) is 0 Å². The smallest absolute Gasteiger partial charge is 0.306 e. The first-order valence-corrected chi connectivity index (χ1v) is 5.53. The second kappa shape index (κ2) is 4.10. The number of hydrogen-bond donors (Lipinski definition) is 2. The van der Waals surface area contributed by atoms with Crippen molar-refractivity contribution in [3.8, 4) is 6.07 Å². The number of carboxylic acids is 1. The van der Waals surface area contributed by atoms with Crippen LogP contribution in [0.4, 0.5) is 5.69 Å². The zero-order valence-corrected chi connectivity index (χ0v) is 9.60. The summed E-state index contributed by atoms with van der Waals surface area (Å²) in [6.07, 6.45) is 0.736. The number of carboxylic acid groups (broad SMARTS) is 1. The van der Waals surface area contributed by atoms with Crippen LogP contribution in [0.2, 0.25) is 0 Å². The minimum absolute atomic E-state index is 0.368. The first-order valence-electron chi connectivity index (χ1n) is 5.53. The molecule has 1 saturated carbocycles. The number of rotatable bonds is 3. The fraction of sp³-hybridized carbons (Fsp3) is 0.385. The van der Waals surface area contributed by atoms with Crippen LogP contribution < -0.4 is 5.32 Å². The normalized spacial score (nSPS) is 26.7. The summed E-state index contributed by atoms with van der Waals surface area (Å²) in [6, 6.07) is 9.92. The summed E-state index contributed by atoms with van der Waals surface area (Å²) >= 11 is 0. The average molecular weight is 230 g/mol. The molecule has 0 bridgehead atoms. The van der Waals surface area contributed by atoms with Crippen molar-refractivity contribution in [2.75, 3.05) is 5.32 Å². The van der Waals surface area contributed by atoms with E-state index in [4.69, 9.17) is 10.4 Å². The van der Waals surface area contributed by atoms with E-state index in [0.717, 1.165) is 11.3 Å². The number of hydrogen-bond acceptors (Lipinski definition) is 3. The first kappa shape index (κ1) is 11.5. The molecule has 0 spiro atoms. The zero-order chi connectivity index (χ0) is 12.5. The van der Waals surface area contributed by atoms with Crippen molar-refractivity contribution in [3.05, 3.63) is 29.8 Å². The number of nitriles is 1. The second-order valence-electron chi connectivity index (χ2n) is 4.63. The lowest BCUT2D eigenvalue weighted by Crippen LogP contribution is -2.51. The van der Waals surface area contributed by atoms with Gasteiger partial charge in [0.05, 0.1) is 12.0 Å². The van der Waals surface area contributed by atoms with E-state index in [9.17, 15) is 4.79 Å². The monoisotopic (exact) mass is 230 g/mol. The van der Waals surface area contributed by atoms with Gasteiger partial charge in [0.15, 0.2) is 0 Å². The molecule has 0 heterocycles. The van der Waals surface area contributed by atoms with Crippen molar-refractivity contribution in [2.45, 2.75) is 25.3 Å². The predicted octanol–water partition coefficient (Wildman–Crippen LogP) is 2.16. The Kier molecular flexibility index (Phi) is 2.76. The van der Waals surface area contributed by atoms with Gasteiger partial charge in [-0.3, -0.25) is 4.79 Å². The molecule has 2 rings (SSSR count). The highest BCUT2D eigenvalue weighted by atomic mass is 16.4. The minimum Gasteiger partial charge on any atom is -0.481 e. The zero-order valence-electron chi connectivity index (χ0n) is 9.60. The quantitative estimate of drug-likeness (QED) is 0.834. The maximum atomic E-state index is 10.8. The van der Waals surface area contributed by atoms with E-state index in [0.29, 0.717) is 12.8 Å². The minimum atomic E-state index is -0.818. The summed E-state index contributed by atoms with van der Waals surface area (Å²) in [5.41, 5.74) is 1.27. The number of aliphatic carboxylic acids is 1. The summed E-state index contributed by atoms with van der Waals surface area (Å²) in [5, 5.41) is 21.1. The van der Waals surface area contributed by atoms with E-state index in [1.807, 2.05) is 31.2 Å². The highest BCUT2D eigenvalue weighted by molar-refractivity contribution is 5.73. The standard InChI is InChI=1S/C13H14N2O2/c1-9-3-2-4-11(5-9)15-13(8-14)6-10(7-13)12(16)17/h2-5,10,15H,6-7H2,1H3,(H,16,17). The van der Waals surface area contributed by atoms with Crippen molar-refractivity contribution in [3.63, 3.8) is 0 Å². The molecule has 4 heteroatoms. The summed E-state index contributed by atoms with van der Waals surface area (Å²) in [5.74, 6) is -1.21. The van der Waals surface area contributed by atoms with Crippen molar-refractivity contribution in [1.82, 2.24) is 0 Å². The van der Waals surface area contributed by atoms with Gasteiger partial charge in [0.2, 0.25) is 0 Å². The Balaban J connectivity index is 2.08. The molecule has 4 nitrogen and oxygen atoms in total. The molecule has 0 radical (unpaired) electrons. The number of anilines is 1. The Morgan fingerprint density at radius 2 is 2.29 bits per heavy atom. The Hall–Kier alpha value is -2.02. The second-order valence-corrected chi connectivity index (χ2v) is 4.63. The average Bonchev–Trinajstić information content (AvgIpc) is 2.22. The van der Waals surface area contributed by atoms with Gasteiger partial charge >= 0.3 is 5.97 Å².